The molecule has 5 N–H and O–H groups in total. The number of aromatic nitrogens is 4. The van der Waals surface area contributed by atoms with Crippen molar-refractivity contribution in [2.45, 2.75) is 56.7 Å². The van der Waals surface area contributed by atoms with Gasteiger partial charge in [0.1, 0.15) is 5.52 Å². The van der Waals surface area contributed by atoms with Gasteiger partial charge in [-0.05, 0) is 50.7 Å². The molecule has 2 fully saturated rings. The molecular formula is C22H25Cl2N7O2. The Kier molecular flexibility index (Phi) is 6.03. The molecule has 0 spiro atoms. The molecule has 2 aromatic heterocycles. The second kappa shape index (κ2) is 8.96. The summed E-state index contributed by atoms with van der Waals surface area (Å²) >= 11 is 12.8. The number of imidazole rings is 1. The summed E-state index contributed by atoms with van der Waals surface area (Å²) in [6, 6.07) is 5.53. The quantitative estimate of drug-likeness (QED) is 0.410. The Balaban J connectivity index is 1.52. The van der Waals surface area contributed by atoms with Gasteiger partial charge in [-0.2, -0.15) is 4.98 Å². The zero-order chi connectivity index (χ0) is 23.1. The van der Waals surface area contributed by atoms with E-state index in [1.54, 1.807) is 24.4 Å². The van der Waals surface area contributed by atoms with Gasteiger partial charge in [0.25, 0.3) is 0 Å². The Morgan fingerprint density at radius 1 is 1.12 bits per heavy atom. The number of nitrogens with one attached hydrogen (secondary N) is 2. The van der Waals surface area contributed by atoms with Crippen molar-refractivity contribution in [3.63, 3.8) is 0 Å². The molecule has 0 atom stereocenters. The molecule has 2 heterocycles. The number of benzene rings is 1. The molecule has 33 heavy (non-hydrogen) atoms. The van der Waals surface area contributed by atoms with E-state index in [2.05, 4.69) is 20.2 Å². The van der Waals surface area contributed by atoms with Crippen LogP contribution in [-0.4, -0.2) is 42.7 Å². The van der Waals surface area contributed by atoms with Crippen LogP contribution >= 0.6 is 23.2 Å². The molecule has 0 saturated heterocycles. The normalized spacial score (nSPS) is 24.9. The molecular weight excluding hydrogens is 465 g/mol. The molecule has 2 saturated carbocycles. The molecule has 2 aliphatic carbocycles. The first-order valence-corrected chi connectivity index (χ1v) is 11.8. The number of aliphatic hydroxyl groups is 1. The average Bonchev–Trinajstić information content (AvgIpc) is 3.12. The van der Waals surface area contributed by atoms with E-state index in [9.17, 15) is 9.90 Å². The van der Waals surface area contributed by atoms with Crippen LogP contribution in [0.3, 0.4) is 0 Å². The molecule has 3 aromatic rings. The number of halogens is 2. The maximum atomic E-state index is 11.7. The number of nitrogens with two attached hydrogens (primary N) is 1. The van der Waals surface area contributed by atoms with E-state index in [0.717, 1.165) is 12.8 Å². The largest absolute Gasteiger partial charge is 0.393 e. The number of carbonyl (C=O) groups excluding carboxylic acids is 1. The van der Waals surface area contributed by atoms with Crippen molar-refractivity contribution in [1.82, 2.24) is 19.5 Å². The molecule has 5 rings (SSSR count). The zero-order valence-corrected chi connectivity index (χ0v) is 19.4. The number of fused-ring (bicyclic) bond motifs is 1. The number of rotatable bonds is 6. The van der Waals surface area contributed by atoms with Crippen molar-refractivity contribution >= 4 is 57.9 Å². The van der Waals surface area contributed by atoms with Gasteiger partial charge in [-0.15, -0.1) is 0 Å². The monoisotopic (exact) mass is 489 g/mol. The van der Waals surface area contributed by atoms with Crippen LogP contribution in [0, 0.1) is 5.92 Å². The number of aliphatic hydroxyl groups excluding tert-OH is 1. The molecule has 0 radical (unpaired) electrons. The van der Waals surface area contributed by atoms with Gasteiger partial charge in [-0.1, -0.05) is 29.3 Å². The molecule has 1 amide bonds. The lowest BCUT2D eigenvalue weighted by molar-refractivity contribution is -0.122. The minimum absolute atomic E-state index is 0.0719. The summed E-state index contributed by atoms with van der Waals surface area (Å²) in [6.07, 6.45) is 5.73. The summed E-state index contributed by atoms with van der Waals surface area (Å²) in [5.74, 6) is 0.700. The summed E-state index contributed by atoms with van der Waals surface area (Å²) < 4.78 is 2.05. The van der Waals surface area contributed by atoms with Crippen LogP contribution in [0.2, 0.25) is 10.0 Å². The third-order valence-corrected chi connectivity index (χ3v) is 7.17. The Labute approximate surface area is 200 Å². The fraction of sp³-hybridized carbons (Fsp3) is 0.455. The smallest absolute Gasteiger partial charge is 0.224 e. The van der Waals surface area contributed by atoms with E-state index in [0.29, 0.717) is 64.5 Å². The molecule has 2 aliphatic rings. The predicted octanol–water partition coefficient (Wildman–Crippen LogP) is 4.03. The van der Waals surface area contributed by atoms with E-state index < -0.39 is 0 Å². The Morgan fingerprint density at radius 3 is 2.45 bits per heavy atom. The average molecular weight is 490 g/mol. The Morgan fingerprint density at radius 2 is 1.82 bits per heavy atom. The van der Waals surface area contributed by atoms with Gasteiger partial charge in [0.2, 0.25) is 17.8 Å². The number of hydrogen-bond donors (Lipinski definition) is 4. The summed E-state index contributed by atoms with van der Waals surface area (Å²) in [4.78, 5) is 25.6. The lowest BCUT2D eigenvalue weighted by Crippen LogP contribution is -2.39. The van der Waals surface area contributed by atoms with Gasteiger partial charge in [-0.3, -0.25) is 9.36 Å². The van der Waals surface area contributed by atoms with Crippen LogP contribution < -0.4 is 16.4 Å². The van der Waals surface area contributed by atoms with Crippen LogP contribution in [0.25, 0.3) is 11.2 Å². The van der Waals surface area contributed by atoms with E-state index >= 15 is 0 Å². The highest BCUT2D eigenvalue weighted by Crippen LogP contribution is 2.39. The minimum atomic E-state index is -0.270. The number of hydrogen-bond acceptors (Lipinski definition) is 7. The number of carbonyl (C=O) groups is 1. The van der Waals surface area contributed by atoms with Crippen molar-refractivity contribution in [3.05, 3.63) is 34.4 Å². The minimum Gasteiger partial charge on any atom is -0.393 e. The molecule has 174 valence electrons. The maximum absolute atomic E-state index is 11.7. The van der Waals surface area contributed by atoms with Crippen LogP contribution in [0.4, 0.5) is 17.6 Å². The molecule has 0 aliphatic heterocycles. The fourth-order valence-corrected chi connectivity index (χ4v) is 5.12. The first-order chi connectivity index (χ1) is 15.9. The highest BCUT2D eigenvalue weighted by atomic mass is 35.5. The van der Waals surface area contributed by atoms with Crippen LogP contribution in [0.5, 0.6) is 0 Å². The summed E-state index contributed by atoms with van der Waals surface area (Å²) in [5, 5.41) is 17.1. The maximum Gasteiger partial charge on any atom is 0.224 e. The predicted molar refractivity (Wildman–Crippen MR) is 128 cm³/mol. The van der Waals surface area contributed by atoms with E-state index in [-0.39, 0.29) is 30.0 Å². The third kappa shape index (κ3) is 4.45. The van der Waals surface area contributed by atoms with Crippen LogP contribution in [0.1, 0.15) is 44.6 Å². The topological polar surface area (TPSA) is 131 Å². The van der Waals surface area contributed by atoms with Gasteiger partial charge in [0, 0.05) is 18.0 Å². The van der Waals surface area contributed by atoms with E-state index in [1.165, 1.54) is 0 Å². The van der Waals surface area contributed by atoms with Gasteiger partial charge < -0.3 is 21.5 Å². The summed E-state index contributed by atoms with van der Waals surface area (Å²) in [6.45, 7) is 0. The van der Waals surface area contributed by atoms with Gasteiger partial charge in [0.15, 0.2) is 5.65 Å². The van der Waals surface area contributed by atoms with Crippen molar-refractivity contribution < 1.29 is 9.90 Å². The Bertz CT molecular complexity index is 1170. The fourth-order valence-electron chi connectivity index (χ4n) is 4.63. The second-order valence-electron chi connectivity index (χ2n) is 8.80. The van der Waals surface area contributed by atoms with Crippen molar-refractivity contribution in [2.24, 2.45) is 11.7 Å². The summed E-state index contributed by atoms with van der Waals surface area (Å²) in [5.41, 5.74) is 7.42. The molecule has 0 bridgehead atoms. The lowest BCUT2D eigenvalue weighted by Gasteiger charge is -2.32. The first-order valence-electron chi connectivity index (χ1n) is 11.1. The second-order valence-corrected chi connectivity index (χ2v) is 9.62. The van der Waals surface area contributed by atoms with E-state index in [4.69, 9.17) is 38.9 Å². The van der Waals surface area contributed by atoms with Crippen LogP contribution in [-0.2, 0) is 4.79 Å². The van der Waals surface area contributed by atoms with Gasteiger partial charge >= 0.3 is 0 Å². The van der Waals surface area contributed by atoms with Crippen molar-refractivity contribution in [1.29, 1.82) is 0 Å². The highest BCUT2D eigenvalue weighted by Gasteiger charge is 2.30. The first kappa shape index (κ1) is 22.2. The number of nitrogens with zero attached hydrogens (tertiary/aromatic N) is 4. The molecule has 0 unspecified atom stereocenters. The van der Waals surface area contributed by atoms with Gasteiger partial charge in [-0.25, -0.2) is 9.97 Å². The van der Waals surface area contributed by atoms with Crippen LogP contribution in [0.15, 0.2) is 24.4 Å². The third-order valence-electron chi connectivity index (χ3n) is 6.54. The molecule has 9 nitrogen and oxygen atoms in total. The number of anilines is 3. The number of amides is 1. The molecule has 11 heteroatoms. The Hall–Kier alpha value is -2.62. The zero-order valence-electron chi connectivity index (χ0n) is 17.8. The van der Waals surface area contributed by atoms with Crippen molar-refractivity contribution in [3.8, 4) is 0 Å². The SMILES string of the molecule is NC(=O)[C@H]1CC[C@H](n2c(Nc3c(Cl)cccc3Cl)nc3cnc(N[C@H]4C[C@H](O)C4)nc32)CC1. The van der Waals surface area contributed by atoms with E-state index in [1.807, 2.05) is 0 Å². The summed E-state index contributed by atoms with van der Waals surface area (Å²) in [7, 11) is 0. The number of primary amides is 1. The lowest BCUT2D eigenvalue weighted by atomic mass is 9.85. The highest BCUT2D eigenvalue weighted by molar-refractivity contribution is 6.39. The number of para-hydroxylation sites is 1. The van der Waals surface area contributed by atoms with Gasteiger partial charge in [0.05, 0.1) is 28.0 Å². The van der Waals surface area contributed by atoms with Crippen molar-refractivity contribution in [2.75, 3.05) is 10.6 Å². The standard InChI is InChI=1S/C22H25Cl2N7O2/c23-15-2-1-3-16(24)18(15)29-22-28-17-10-26-21(27-12-8-14(32)9-12)30-20(17)31(22)13-6-4-11(5-7-13)19(25)33/h1-3,10-14,32H,4-9H2,(H2,25,33)(H,28,29)(H,26,27,30)/t11-,12-,13-,14-. The molecule has 1 aromatic carbocycles.